The van der Waals surface area contributed by atoms with E-state index in [4.69, 9.17) is 21.9 Å². The number of aryl methyl sites for hydroxylation is 1. The molecule has 2 atom stereocenters. The minimum absolute atomic E-state index is 0.0486. The van der Waals surface area contributed by atoms with Gasteiger partial charge in [-0.05, 0) is 67.8 Å². The van der Waals surface area contributed by atoms with E-state index in [1.807, 2.05) is 49.4 Å². The van der Waals surface area contributed by atoms with Crippen molar-refractivity contribution in [3.05, 3.63) is 87.8 Å². The minimum atomic E-state index is -1.52. The van der Waals surface area contributed by atoms with Crippen molar-refractivity contribution in [2.75, 3.05) is 18.8 Å². The zero-order valence-electron chi connectivity index (χ0n) is 22.7. The van der Waals surface area contributed by atoms with Crippen LogP contribution in [-0.2, 0) is 10.3 Å². The molecule has 4 aromatic rings. The smallest absolute Gasteiger partial charge is 0.262 e. The molecule has 1 aliphatic carbocycles. The number of Topliss-reactive ketones (excluding diaryl/α,β-unsaturated/α-hetero) is 1. The van der Waals surface area contributed by atoms with Crippen LogP contribution in [-0.4, -0.2) is 41.8 Å². The van der Waals surface area contributed by atoms with E-state index in [1.165, 1.54) is 11.3 Å². The lowest BCUT2D eigenvalue weighted by Crippen LogP contribution is -2.61. The predicted octanol–water partition coefficient (Wildman–Crippen LogP) is 4.19. The maximum atomic E-state index is 14.1. The summed E-state index contributed by atoms with van der Waals surface area (Å²) in [4.78, 5) is 30.3. The zero-order chi connectivity index (χ0) is 28.3. The molecule has 206 valence electrons. The lowest BCUT2D eigenvalue weighted by Gasteiger charge is -2.42. The molecular weight excluding hydrogens is 522 g/mol. The number of likely N-dealkylation sites (tertiary alicyclic amines) is 1. The lowest BCUT2D eigenvalue weighted by atomic mass is 9.69. The van der Waals surface area contributed by atoms with Gasteiger partial charge in [-0.25, -0.2) is 0 Å². The normalized spacial score (nSPS) is 21.1. The van der Waals surface area contributed by atoms with E-state index in [9.17, 15) is 9.59 Å². The molecule has 9 heteroatoms. The molecule has 1 aliphatic heterocycles. The number of hydrogen-bond acceptors (Lipinski definition) is 8. The van der Waals surface area contributed by atoms with E-state index in [0.717, 1.165) is 23.4 Å². The second-order valence-electron chi connectivity index (χ2n) is 11.0. The van der Waals surface area contributed by atoms with Crippen LogP contribution < -0.4 is 27.3 Å². The average Bonchev–Trinajstić information content (AvgIpc) is 3.31. The Hall–Kier alpha value is -3.76. The van der Waals surface area contributed by atoms with Crippen LogP contribution in [0.3, 0.4) is 0 Å². The number of thiophene rings is 1. The number of rotatable bonds is 6. The molecule has 3 aromatic carbocycles. The van der Waals surface area contributed by atoms with Crippen LogP contribution in [0, 0.1) is 6.92 Å². The fourth-order valence-electron chi connectivity index (χ4n) is 5.87. The van der Waals surface area contributed by atoms with Crippen LogP contribution in [0.1, 0.15) is 51.8 Å². The number of anilines is 1. The van der Waals surface area contributed by atoms with E-state index in [-0.39, 0.29) is 17.7 Å². The van der Waals surface area contributed by atoms with E-state index in [1.54, 1.807) is 18.2 Å². The van der Waals surface area contributed by atoms with Gasteiger partial charge in [0.1, 0.15) is 17.0 Å². The van der Waals surface area contributed by atoms with Crippen molar-refractivity contribution in [2.45, 2.75) is 44.4 Å². The van der Waals surface area contributed by atoms with Crippen molar-refractivity contribution in [3.8, 4) is 11.5 Å². The summed E-state index contributed by atoms with van der Waals surface area (Å²) < 4.78 is 6.71. The Morgan fingerprint density at radius 1 is 1.07 bits per heavy atom. The summed E-state index contributed by atoms with van der Waals surface area (Å²) in [7, 11) is 0. The number of amides is 1. The molecule has 1 saturated heterocycles. The van der Waals surface area contributed by atoms with E-state index < -0.39 is 11.6 Å². The van der Waals surface area contributed by atoms with Crippen molar-refractivity contribution in [1.29, 1.82) is 0 Å². The second kappa shape index (κ2) is 9.71. The number of ketones is 1. The highest BCUT2D eigenvalue weighted by Gasteiger charge is 2.49. The first-order valence-electron chi connectivity index (χ1n) is 13.4. The van der Waals surface area contributed by atoms with Crippen molar-refractivity contribution in [2.24, 2.45) is 11.5 Å². The first kappa shape index (κ1) is 26.5. The summed E-state index contributed by atoms with van der Waals surface area (Å²) in [5.74, 6) is 0.739. The number of carbonyl (C=O) groups excluding carboxylic acids is 2. The van der Waals surface area contributed by atoms with Gasteiger partial charge in [0.25, 0.3) is 5.91 Å². The summed E-state index contributed by atoms with van der Waals surface area (Å²) >= 11 is 1.27. The summed E-state index contributed by atoms with van der Waals surface area (Å²) in [6.45, 7) is 7.74. The number of para-hydroxylation sites is 1. The van der Waals surface area contributed by atoms with Gasteiger partial charge in [0, 0.05) is 35.8 Å². The molecular formula is C31H33N5O3S. The molecule has 0 bridgehead atoms. The number of carbonyl (C=O) groups is 2. The molecule has 0 saturated carbocycles. The monoisotopic (exact) mass is 555 g/mol. The van der Waals surface area contributed by atoms with Gasteiger partial charge in [-0.1, -0.05) is 30.3 Å². The van der Waals surface area contributed by atoms with Gasteiger partial charge in [0.05, 0.1) is 21.7 Å². The van der Waals surface area contributed by atoms with Gasteiger partial charge in [-0.3, -0.25) is 14.5 Å². The quantitative estimate of drug-likeness (QED) is 0.262. The number of nitrogen functional groups attached to an aromatic ring is 1. The summed E-state index contributed by atoms with van der Waals surface area (Å²) in [6.07, 6.45) is 0. The standard InChI is InChI=1S/C31H33N5O3S/c1-16(2)36-14-18(15-36)35-30(38)28-25-24-22(11-12-23(32)27(24)40-28)31(34,29(37)26(25)33)21-10-9-20(13-17(21)3)39-19-7-5-4-6-8-19/h4-13,16,18,26H,14-15,32-34H2,1-3H3,(H,35,38). The Morgan fingerprint density at radius 2 is 1.77 bits per heavy atom. The molecule has 1 aromatic heterocycles. The van der Waals surface area contributed by atoms with Crippen LogP contribution in [0.2, 0.25) is 0 Å². The highest BCUT2D eigenvalue weighted by molar-refractivity contribution is 7.21. The predicted molar refractivity (Wildman–Crippen MR) is 159 cm³/mol. The van der Waals surface area contributed by atoms with Crippen LogP contribution in [0.15, 0.2) is 60.7 Å². The Labute approximate surface area is 237 Å². The van der Waals surface area contributed by atoms with Crippen molar-refractivity contribution in [3.63, 3.8) is 0 Å². The number of hydrogen-bond donors (Lipinski definition) is 4. The highest BCUT2D eigenvalue weighted by Crippen LogP contribution is 2.50. The number of nitrogens with one attached hydrogen (secondary N) is 1. The first-order valence-corrected chi connectivity index (χ1v) is 14.2. The molecule has 2 heterocycles. The van der Waals surface area contributed by atoms with Gasteiger partial charge in [0.15, 0.2) is 5.78 Å². The summed E-state index contributed by atoms with van der Waals surface area (Å²) in [5, 5.41) is 3.82. The molecule has 8 nitrogen and oxygen atoms in total. The third-order valence-electron chi connectivity index (χ3n) is 8.10. The molecule has 2 unspecified atom stereocenters. The Morgan fingerprint density at radius 3 is 2.45 bits per heavy atom. The Balaban J connectivity index is 1.41. The minimum Gasteiger partial charge on any atom is -0.457 e. The van der Waals surface area contributed by atoms with E-state index in [2.05, 4.69) is 24.1 Å². The second-order valence-corrected chi connectivity index (χ2v) is 12.0. The van der Waals surface area contributed by atoms with E-state index in [0.29, 0.717) is 50.2 Å². The van der Waals surface area contributed by atoms with Gasteiger partial charge in [-0.2, -0.15) is 0 Å². The van der Waals surface area contributed by atoms with Gasteiger partial charge in [-0.15, -0.1) is 11.3 Å². The molecule has 0 radical (unpaired) electrons. The van der Waals surface area contributed by atoms with Crippen LogP contribution in [0.5, 0.6) is 11.5 Å². The largest absolute Gasteiger partial charge is 0.457 e. The average molecular weight is 556 g/mol. The van der Waals surface area contributed by atoms with Gasteiger partial charge in [0.2, 0.25) is 0 Å². The maximum Gasteiger partial charge on any atom is 0.262 e. The third kappa shape index (κ3) is 4.08. The lowest BCUT2D eigenvalue weighted by molar-refractivity contribution is -0.124. The number of ether oxygens (including phenoxy) is 1. The molecule has 1 fully saturated rings. The maximum absolute atomic E-state index is 14.1. The fourth-order valence-corrected chi connectivity index (χ4v) is 7.07. The summed E-state index contributed by atoms with van der Waals surface area (Å²) in [6, 6.07) is 17.9. The molecule has 1 amide bonds. The van der Waals surface area contributed by atoms with Gasteiger partial charge < -0.3 is 27.3 Å². The topological polar surface area (TPSA) is 137 Å². The number of nitrogens with zero attached hydrogens (tertiary/aromatic N) is 1. The summed E-state index contributed by atoms with van der Waals surface area (Å²) in [5.41, 5.74) is 21.6. The van der Waals surface area contributed by atoms with Crippen molar-refractivity contribution < 1.29 is 14.3 Å². The van der Waals surface area contributed by atoms with Crippen molar-refractivity contribution in [1.82, 2.24) is 10.2 Å². The zero-order valence-corrected chi connectivity index (χ0v) is 23.5. The Kier molecular flexibility index (Phi) is 6.42. The molecule has 40 heavy (non-hydrogen) atoms. The van der Waals surface area contributed by atoms with Crippen LogP contribution in [0.25, 0.3) is 10.1 Å². The SMILES string of the molecule is Cc1cc(Oc2ccccc2)ccc1C1(N)C(=O)C(N)c2c(C(=O)NC3CN(C(C)C)C3)sc3c(N)ccc1c23. The number of benzene rings is 3. The number of nitrogens with two attached hydrogens (primary N) is 3. The highest BCUT2D eigenvalue weighted by atomic mass is 32.1. The molecule has 2 aliphatic rings. The van der Waals surface area contributed by atoms with Gasteiger partial charge >= 0.3 is 0 Å². The van der Waals surface area contributed by atoms with Crippen molar-refractivity contribution >= 4 is 38.8 Å². The van der Waals surface area contributed by atoms with Crippen LogP contribution in [0.4, 0.5) is 5.69 Å². The third-order valence-corrected chi connectivity index (χ3v) is 9.35. The Bertz CT molecular complexity index is 1640. The van der Waals surface area contributed by atoms with Crippen LogP contribution >= 0.6 is 11.3 Å². The van der Waals surface area contributed by atoms with E-state index >= 15 is 0 Å². The first-order chi connectivity index (χ1) is 19.1. The molecule has 7 N–H and O–H groups in total. The molecule has 0 spiro atoms. The molecule has 6 rings (SSSR count). The fraction of sp³-hybridized carbons (Fsp3) is 0.290.